The number of hydrogen-bond acceptors (Lipinski definition) is 3. The number of hydrogen-bond donors (Lipinski definition) is 2. The van der Waals surface area contributed by atoms with E-state index in [2.05, 4.69) is 21.6 Å². The van der Waals surface area contributed by atoms with E-state index in [1.807, 2.05) is 19.2 Å². The molecule has 0 radical (unpaired) electrons. The van der Waals surface area contributed by atoms with Gasteiger partial charge in [-0.3, -0.25) is 4.79 Å². The number of nitrogens with zero attached hydrogens (tertiary/aromatic N) is 1. The maximum atomic E-state index is 11.0. The van der Waals surface area contributed by atoms with Gasteiger partial charge >= 0.3 is 0 Å². The van der Waals surface area contributed by atoms with E-state index in [0.29, 0.717) is 5.92 Å². The van der Waals surface area contributed by atoms with Gasteiger partial charge in [0.1, 0.15) is 0 Å². The van der Waals surface area contributed by atoms with Crippen LogP contribution in [0.5, 0.6) is 0 Å². The van der Waals surface area contributed by atoms with Gasteiger partial charge in [-0.1, -0.05) is 23.7 Å². The van der Waals surface area contributed by atoms with Crippen LogP contribution in [-0.2, 0) is 11.3 Å². The Morgan fingerprint density at radius 3 is 2.71 bits per heavy atom. The molecule has 0 spiro atoms. The normalized spacial score (nSPS) is 16.0. The van der Waals surface area contributed by atoms with Crippen LogP contribution < -0.4 is 15.5 Å². The Labute approximate surface area is 131 Å². The summed E-state index contributed by atoms with van der Waals surface area (Å²) in [6.07, 6.45) is 2.18. The third-order valence-corrected chi connectivity index (χ3v) is 4.31. The fraction of sp³-hybridized carbons (Fsp3) is 0.562. The van der Waals surface area contributed by atoms with Crippen LogP contribution in [-0.4, -0.2) is 32.6 Å². The number of para-hydroxylation sites is 1. The minimum atomic E-state index is 0.0554. The van der Waals surface area contributed by atoms with Crippen LogP contribution >= 0.6 is 11.6 Å². The predicted octanol–water partition coefficient (Wildman–Crippen LogP) is 2.41. The van der Waals surface area contributed by atoms with Gasteiger partial charge in [-0.05, 0) is 37.4 Å². The van der Waals surface area contributed by atoms with Gasteiger partial charge in [-0.25, -0.2) is 0 Å². The quantitative estimate of drug-likeness (QED) is 0.878. The van der Waals surface area contributed by atoms with E-state index in [1.165, 1.54) is 5.56 Å². The first-order valence-corrected chi connectivity index (χ1v) is 7.91. The summed E-state index contributed by atoms with van der Waals surface area (Å²) >= 11 is 6.41. The fourth-order valence-corrected chi connectivity index (χ4v) is 3.21. The van der Waals surface area contributed by atoms with Crippen LogP contribution in [0.25, 0.3) is 0 Å². The molecule has 2 rings (SSSR count). The topological polar surface area (TPSA) is 44.4 Å². The minimum Gasteiger partial charge on any atom is -0.370 e. The first kappa shape index (κ1) is 16.1. The third kappa shape index (κ3) is 4.35. The lowest BCUT2D eigenvalue weighted by Crippen LogP contribution is -2.38. The molecule has 0 unspecified atom stereocenters. The van der Waals surface area contributed by atoms with E-state index in [1.54, 1.807) is 6.92 Å². The van der Waals surface area contributed by atoms with Crippen LogP contribution in [0.4, 0.5) is 5.69 Å². The molecule has 0 saturated carbocycles. The molecule has 0 aromatic heterocycles. The average Bonchev–Trinajstić information content (AvgIpc) is 2.46. The smallest absolute Gasteiger partial charge is 0.216 e. The largest absolute Gasteiger partial charge is 0.370 e. The van der Waals surface area contributed by atoms with Crippen molar-refractivity contribution in [1.82, 2.24) is 10.6 Å². The number of anilines is 1. The zero-order valence-electron chi connectivity index (χ0n) is 12.8. The van der Waals surface area contributed by atoms with E-state index >= 15 is 0 Å². The molecule has 0 atom stereocenters. The molecular formula is C16H24ClN3O. The summed E-state index contributed by atoms with van der Waals surface area (Å²) in [5.41, 5.74) is 2.40. The van der Waals surface area contributed by atoms with Crippen molar-refractivity contribution in [2.75, 3.05) is 31.6 Å². The first-order valence-electron chi connectivity index (χ1n) is 7.53. The number of rotatable bonds is 5. The SMILES string of the molecule is CNCc1cccc(Cl)c1N1CCC(CNC(C)=O)CC1. The highest BCUT2D eigenvalue weighted by atomic mass is 35.5. The molecule has 1 heterocycles. The summed E-state index contributed by atoms with van der Waals surface area (Å²) in [5, 5.41) is 6.94. The van der Waals surface area contributed by atoms with Gasteiger partial charge in [0.15, 0.2) is 0 Å². The van der Waals surface area contributed by atoms with Crippen molar-refractivity contribution < 1.29 is 4.79 Å². The van der Waals surface area contributed by atoms with Gasteiger partial charge in [0, 0.05) is 33.1 Å². The first-order chi connectivity index (χ1) is 10.1. The van der Waals surface area contributed by atoms with Crippen molar-refractivity contribution in [1.29, 1.82) is 0 Å². The summed E-state index contributed by atoms with van der Waals surface area (Å²) in [6.45, 7) is 5.16. The monoisotopic (exact) mass is 309 g/mol. The Morgan fingerprint density at radius 2 is 2.10 bits per heavy atom. The number of halogens is 1. The lowest BCUT2D eigenvalue weighted by atomic mass is 9.95. The number of nitrogens with one attached hydrogen (secondary N) is 2. The van der Waals surface area contributed by atoms with Crippen molar-refractivity contribution in [3.05, 3.63) is 28.8 Å². The number of amides is 1. The molecule has 0 aliphatic carbocycles. The molecule has 1 aliphatic heterocycles. The summed E-state index contributed by atoms with van der Waals surface area (Å²) in [7, 11) is 1.95. The van der Waals surface area contributed by atoms with E-state index in [-0.39, 0.29) is 5.91 Å². The van der Waals surface area contributed by atoms with Gasteiger partial charge in [0.2, 0.25) is 5.91 Å². The van der Waals surface area contributed by atoms with Gasteiger partial charge in [0.25, 0.3) is 0 Å². The number of carbonyl (C=O) groups is 1. The highest BCUT2D eigenvalue weighted by molar-refractivity contribution is 6.33. The zero-order valence-corrected chi connectivity index (χ0v) is 13.5. The summed E-state index contributed by atoms with van der Waals surface area (Å²) in [5.74, 6) is 0.625. The van der Waals surface area contributed by atoms with Crippen LogP contribution in [0.3, 0.4) is 0 Å². The van der Waals surface area contributed by atoms with Gasteiger partial charge in [0.05, 0.1) is 10.7 Å². The van der Waals surface area contributed by atoms with Crippen LogP contribution in [0, 0.1) is 5.92 Å². The van der Waals surface area contributed by atoms with Crippen molar-refractivity contribution in [2.45, 2.75) is 26.3 Å². The van der Waals surface area contributed by atoms with E-state index in [0.717, 1.165) is 49.7 Å². The molecule has 21 heavy (non-hydrogen) atoms. The second kappa shape index (κ2) is 7.66. The Balaban J connectivity index is 2.00. The van der Waals surface area contributed by atoms with Crippen molar-refractivity contribution in [3.8, 4) is 0 Å². The molecule has 5 heteroatoms. The summed E-state index contributed by atoms with van der Waals surface area (Å²) in [4.78, 5) is 13.4. The predicted molar refractivity (Wildman–Crippen MR) is 87.8 cm³/mol. The second-order valence-electron chi connectivity index (χ2n) is 5.65. The van der Waals surface area contributed by atoms with Crippen LogP contribution in [0.15, 0.2) is 18.2 Å². The number of carbonyl (C=O) groups excluding carboxylic acids is 1. The summed E-state index contributed by atoms with van der Waals surface area (Å²) in [6, 6.07) is 6.09. The van der Waals surface area contributed by atoms with Gasteiger partial charge in [-0.15, -0.1) is 0 Å². The zero-order chi connectivity index (χ0) is 15.2. The maximum absolute atomic E-state index is 11.0. The highest BCUT2D eigenvalue weighted by Gasteiger charge is 2.22. The van der Waals surface area contributed by atoms with Crippen LogP contribution in [0.1, 0.15) is 25.3 Å². The lowest BCUT2D eigenvalue weighted by Gasteiger charge is -2.35. The van der Waals surface area contributed by atoms with Crippen molar-refractivity contribution >= 4 is 23.2 Å². The van der Waals surface area contributed by atoms with E-state index in [4.69, 9.17) is 11.6 Å². The second-order valence-corrected chi connectivity index (χ2v) is 6.05. The highest BCUT2D eigenvalue weighted by Crippen LogP contribution is 2.33. The number of piperidine rings is 1. The standard InChI is InChI=1S/C16H24ClN3O/c1-12(21)19-10-13-6-8-20(9-7-13)16-14(11-18-2)4-3-5-15(16)17/h3-5,13,18H,6-11H2,1-2H3,(H,19,21). The molecular weight excluding hydrogens is 286 g/mol. The molecule has 116 valence electrons. The Bertz CT molecular complexity index is 484. The molecule has 0 bridgehead atoms. The van der Waals surface area contributed by atoms with Crippen molar-refractivity contribution in [2.24, 2.45) is 5.92 Å². The van der Waals surface area contributed by atoms with Crippen LogP contribution in [0.2, 0.25) is 5.02 Å². The molecule has 1 saturated heterocycles. The average molecular weight is 310 g/mol. The van der Waals surface area contributed by atoms with Crippen molar-refractivity contribution in [3.63, 3.8) is 0 Å². The molecule has 1 aromatic rings. The van der Waals surface area contributed by atoms with Gasteiger partial charge < -0.3 is 15.5 Å². The molecule has 2 N–H and O–H groups in total. The molecule has 4 nitrogen and oxygen atoms in total. The lowest BCUT2D eigenvalue weighted by molar-refractivity contribution is -0.119. The summed E-state index contributed by atoms with van der Waals surface area (Å²) < 4.78 is 0. The van der Waals surface area contributed by atoms with E-state index in [9.17, 15) is 4.79 Å². The maximum Gasteiger partial charge on any atom is 0.216 e. The van der Waals surface area contributed by atoms with E-state index < -0.39 is 0 Å². The molecule has 1 fully saturated rings. The Kier molecular flexibility index (Phi) is 5.88. The fourth-order valence-electron chi connectivity index (χ4n) is 2.90. The molecule has 1 amide bonds. The third-order valence-electron chi connectivity index (χ3n) is 4.01. The molecule has 1 aromatic carbocycles. The Hall–Kier alpha value is -1.26. The molecule has 1 aliphatic rings. The Morgan fingerprint density at radius 1 is 1.38 bits per heavy atom. The number of benzene rings is 1. The minimum absolute atomic E-state index is 0.0554. The van der Waals surface area contributed by atoms with Gasteiger partial charge in [-0.2, -0.15) is 0 Å².